The van der Waals surface area contributed by atoms with E-state index in [2.05, 4.69) is 11.8 Å². The van der Waals surface area contributed by atoms with Gasteiger partial charge in [-0.25, -0.2) is 8.78 Å². The van der Waals surface area contributed by atoms with Gasteiger partial charge in [-0.1, -0.05) is 36.4 Å². The lowest BCUT2D eigenvalue weighted by Crippen LogP contribution is -2.56. The van der Waals surface area contributed by atoms with Gasteiger partial charge in [0.1, 0.15) is 17.4 Å². The van der Waals surface area contributed by atoms with Crippen molar-refractivity contribution >= 4 is 11.6 Å². The summed E-state index contributed by atoms with van der Waals surface area (Å²) in [6.07, 6.45) is 4.98. The van der Waals surface area contributed by atoms with Crippen molar-refractivity contribution in [3.8, 4) is 16.9 Å². The molecule has 2 aliphatic rings. The Morgan fingerprint density at radius 2 is 1.85 bits per heavy atom. The van der Waals surface area contributed by atoms with E-state index in [1.165, 1.54) is 18.2 Å². The van der Waals surface area contributed by atoms with Gasteiger partial charge >= 0.3 is 0 Å². The van der Waals surface area contributed by atoms with Gasteiger partial charge in [0, 0.05) is 42.0 Å². The Morgan fingerprint density at radius 3 is 2.62 bits per heavy atom. The predicted octanol–water partition coefficient (Wildman–Crippen LogP) is 5.66. The SMILES string of the molecule is C[C@H]1C[C@@]2(C=CC(=O)N2c2cccc(F)c2)CCN1Cc1ccc(O)c(-c2ccccc2F)c1. The van der Waals surface area contributed by atoms with Crippen LogP contribution in [0.25, 0.3) is 11.1 Å². The number of phenols is 1. The van der Waals surface area contributed by atoms with Gasteiger partial charge in [-0.2, -0.15) is 0 Å². The van der Waals surface area contributed by atoms with Crippen molar-refractivity contribution in [2.45, 2.75) is 37.9 Å². The number of carbonyl (C=O) groups excluding carboxylic acids is 1. The number of hydrogen-bond acceptors (Lipinski definition) is 3. The van der Waals surface area contributed by atoms with Crippen LogP contribution in [-0.2, 0) is 11.3 Å². The molecule has 0 saturated carbocycles. The fourth-order valence-electron chi connectivity index (χ4n) is 5.30. The summed E-state index contributed by atoms with van der Waals surface area (Å²) in [5.41, 5.74) is 1.91. The van der Waals surface area contributed by atoms with E-state index in [-0.39, 0.29) is 29.3 Å². The number of halogens is 2. The van der Waals surface area contributed by atoms with E-state index in [1.54, 1.807) is 47.4 Å². The quantitative estimate of drug-likeness (QED) is 0.546. The summed E-state index contributed by atoms with van der Waals surface area (Å²) in [7, 11) is 0. The molecule has 2 aliphatic heterocycles. The third-order valence-electron chi connectivity index (χ3n) is 6.98. The molecule has 0 bridgehead atoms. The zero-order valence-corrected chi connectivity index (χ0v) is 18.9. The first-order valence-corrected chi connectivity index (χ1v) is 11.5. The van der Waals surface area contributed by atoms with Crippen LogP contribution in [0, 0.1) is 11.6 Å². The molecular weight excluding hydrogens is 434 g/mol. The molecule has 1 spiro atoms. The number of hydrogen-bond donors (Lipinski definition) is 1. The van der Waals surface area contributed by atoms with E-state index < -0.39 is 5.54 Å². The number of piperidine rings is 1. The Kier molecular flexibility index (Phi) is 5.70. The second kappa shape index (κ2) is 8.69. The molecule has 0 radical (unpaired) electrons. The van der Waals surface area contributed by atoms with E-state index in [4.69, 9.17) is 0 Å². The van der Waals surface area contributed by atoms with Gasteiger partial charge in [0.15, 0.2) is 0 Å². The number of benzene rings is 3. The standard InChI is InChI=1S/C28H26F2N2O2/c1-19-17-28(12-11-27(34)32(28)22-6-4-5-21(29)16-22)13-14-31(19)18-20-9-10-26(33)24(15-20)23-7-2-3-8-25(23)30/h2-12,15-16,19,33H,13-14,17-18H2,1H3/t19-,28+/m0/s1. The number of carbonyl (C=O) groups is 1. The van der Waals surface area contributed by atoms with Crippen molar-refractivity contribution in [2.24, 2.45) is 0 Å². The molecule has 0 aliphatic carbocycles. The van der Waals surface area contributed by atoms with Crippen LogP contribution in [0.5, 0.6) is 5.75 Å². The summed E-state index contributed by atoms with van der Waals surface area (Å²) in [4.78, 5) is 16.8. The van der Waals surface area contributed by atoms with Gasteiger partial charge in [-0.3, -0.25) is 14.6 Å². The predicted molar refractivity (Wildman–Crippen MR) is 128 cm³/mol. The Bertz CT molecular complexity index is 1270. The molecule has 174 valence electrons. The Morgan fingerprint density at radius 1 is 1.03 bits per heavy atom. The van der Waals surface area contributed by atoms with Crippen molar-refractivity contribution in [3.05, 3.63) is 96.1 Å². The zero-order chi connectivity index (χ0) is 23.9. The first kappa shape index (κ1) is 22.3. The van der Waals surface area contributed by atoms with E-state index >= 15 is 0 Å². The fourth-order valence-corrected chi connectivity index (χ4v) is 5.30. The third kappa shape index (κ3) is 3.99. The van der Waals surface area contributed by atoms with Crippen LogP contribution < -0.4 is 4.90 Å². The molecule has 0 unspecified atom stereocenters. The van der Waals surface area contributed by atoms with E-state index in [0.717, 1.165) is 12.1 Å². The summed E-state index contributed by atoms with van der Waals surface area (Å²) < 4.78 is 28.2. The molecule has 34 heavy (non-hydrogen) atoms. The number of nitrogens with zero attached hydrogens (tertiary/aromatic N) is 2. The molecule has 6 heteroatoms. The van der Waals surface area contributed by atoms with Crippen LogP contribution in [0.1, 0.15) is 25.3 Å². The highest BCUT2D eigenvalue weighted by Gasteiger charge is 2.46. The van der Waals surface area contributed by atoms with Crippen LogP contribution in [0.2, 0.25) is 0 Å². The number of anilines is 1. The van der Waals surface area contributed by atoms with Gasteiger partial charge in [0.05, 0.1) is 5.54 Å². The Labute approximate surface area is 197 Å². The molecular formula is C28H26F2N2O2. The van der Waals surface area contributed by atoms with Crippen LogP contribution in [0.15, 0.2) is 78.9 Å². The van der Waals surface area contributed by atoms with Gasteiger partial charge in [-0.15, -0.1) is 0 Å². The summed E-state index contributed by atoms with van der Waals surface area (Å²) in [5, 5.41) is 10.3. The van der Waals surface area contributed by atoms with Crippen LogP contribution in [0.3, 0.4) is 0 Å². The fraction of sp³-hybridized carbons (Fsp3) is 0.250. The first-order chi connectivity index (χ1) is 16.4. The van der Waals surface area contributed by atoms with Crippen molar-refractivity contribution in [1.29, 1.82) is 0 Å². The Balaban J connectivity index is 1.36. The molecule has 5 rings (SSSR count). The average molecular weight is 461 g/mol. The normalized spacial score (nSPS) is 22.6. The smallest absolute Gasteiger partial charge is 0.251 e. The molecule has 2 heterocycles. The van der Waals surface area contributed by atoms with Crippen molar-refractivity contribution in [3.63, 3.8) is 0 Å². The minimum atomic E-state index is -0.478. The lowest BCUT2D eigenvalue weighted by Gasteiger charge is -2.47. The lowest BCUT2D eigenvalue weighted by molar-refractivity contribution is -0.114. The number of phenolic OH excluding ortho intramolecular Hbond substituents is 1. The molecule has 3 aromatic carbocycles. The topological polar surface area (TPSA) is 43.8 Å². The second-order valence-electron chi connectivity index (χ2n) is 9.20. The summed E-state index contributed by atoms with van der Waals surface area (Å²) in [6, 6.07) is 18.0. The van der Waals surface area contributed by atoms with E-state index in [1.807, 2.05) is 18.2 Å². The highest BCUT2D eigenvalue weighted by Crippen LogP contribution is 2.41. The maximum atomic E-state index is 14.3. The van der Waals surface area contributed by atoms with Crippen molar-refractivity contribution < 1.29 is 18.7 Å². The monoisotopic (exact) mass is 460 g/mol. The molecule has 4 nitrogen and oxygen atoms in total. The minimum absolute atomic E-state index is 0.0415. The number of rotatable bonds is 4. The lowest BCUT2D eigenvalue weighted by atomic mass is 9.82. The summed E-state index contributed by atoms with van der Waals surface area (Å²) in [5.74, 6) is -0.826. The van der Waals surface area contributed by atoms with Crippen molar-refractivity contribution in [1.82, 2.24) is 4.90 Å². The highest BCUT2D eigenvalue weighted by molar-refractivity contribution is 6.06. The minimum Gasteiger partial charge on any atom is -0.507 e. The molecule has 3 aromatic rings. The molecule has 2 atom stereocenters. The maximum absolute atomic E-state index is 14.3. The molecule has 0 aromatic heterocycles. The third-order valence-corrected chi connectivity index (χ3v) is 6.98. The highest BCUT2D eigenvalue weighted by atomic mass is 19.1. The van der Waals surface area contributed by atoms with Crippen LogP contribution >= 0.6 is 0 Å². The Hall–Kier alpha value is -3.51. The van der Waals surface area contributed by atoms with Crippen LogP contribution in [0.4, 0.5) is 14.5 Å². The van der Waals surface area contributed by atoms with Gasteiger partial charge in [0.25, 0.3) is 5.91 Å². The number of aromatic hydroxyl groups is 1. The average Bonchev–Trinajstić information content (AvgIpc) is 3.12. The van der Waals surface area contributed by atoms with Gasteiger partial charge in [0.2, 0.25) is 0 Å². The van der Waals surface area contributed by atoms with E-state index in [0.29, 0.717) is 36.2 Å². The maximum Gasteiger partial charge on any atom is 0.251 e. The summed E-state index contributed by atoms with van der Waals surface area (Å²) in [6.45, 7) is 3.50. The number of likely N-dealkylation sites (tertiary alicyclic amines) is 1. The van der Waals surface area contributed by atoms with Gasteiger partial charge in [-0.05, 0) is 61.7 Å². The molecule has 1 N–H and O–H groups in total. The molecule has 1 saturated heterocycles. The first-order valence-electron chi connectivity index (χ1n) is 11.5. The van der Waals surface area contributed by atoms with Crippen molar-refractivity contribution in [2.75, 3.05) is 11.4 Å². The molecule has 1 amide bonds. The molecule has 1 fully saturated rings. The van der Waals surface area contributed by atoms with Crippen LogP contribution in [-0.4, -0.2) is 34.0 Å². The van der Waals surface area contributed by atoms with Gasteiger partial charge < -0.3 is 5.11 Å². The second-order valence-corrected chi connectivity index (χ2v) is 9.20. The largest absolute Gasteiger partial charge is 0.507 e. The number of amides is 1. The summed E-state index contributed by atoms with van der Waals surface area (Å²) >= 11 is 0. The zero-order valence-electron chi connectivity index (χ0n) is 18.9. The van der Waals surface area contributed by atoms with E-state index in [9.17, 15) is 18.7 Å².